The fourth-order valence-corrected chi connectivity index (χ4v) is 3.76. The smallest absolute Gasteiger partial charge is 0.347 e. The van der Waals surface area contributed by atoms with E-state index in [4.69, 9.17) is 21.1 Å². The molecule has 0 radical (unpaired) electrons. The number of pyridine rings is 1. The number of carbonyl (C=O) groups is 1. The van der Waals surface area contributed by atoms with E-state index in [0.717, 1.165) is 9.86 Å². The van der Waals surface area contributed by atoms with E-state index in [0.29, 0.717) is 26.5 Å². The standard InChI is InChI=1S/C17H10Br2ClNO3/c1-23-14-5-4-9(20)7-11(14)17(22)24-16-13(19)8-12(18)10-3-2-6-21-15(10)16/h2-8H,1H3. The van der Waals surface area contributed by atoms with Gasteiger partial charge in [-0.3, -0.25) is 4.98 Å². The Labute approximate surface area is 160 Å². The highest BCUT2D eigenvalue weighted by molar-refractivity contribution is 9.11. The second-order valence-corrected chi connectivity index (χ2v) is 6.95. The Balaban J connectivity index is 2.08. The Morgan fingerprint density at radius 1 is 1.17 bits per heavy atom. The van der Waals surface area contributed by atoms with Crippen LogP contribution in [-0.4, -0.2) is 18.1 Å². The number of carbonyl (C=O) groups excluding carboxylic acids is 1. The maximum absolute atomic E-state index is 12.6. The molecule has 1 heterocycles. The predicted octanol–water partition coefficient (Wildman–Crippen LogP) is 5.64. The monoisotopic (exact) mass is 469 g/mol. The Kier molecular flexibility index (Phi) is 5.08. The van der Waals surface area contributed by atoms with Gasteiger partial charge in [0, 0.05) is 21.1 Å². The molecule has 0 amide bonds. The molecule has 0 aliphatic heterocycles. The third-order valence-electron chi connectivity index (χ3n) is 3.33. The Morgan fingerprint density at radius 3 is 2.71 bits per heavy atom. The molecule has 0 bridgehead atoms. The molecule has 0 saturated heterocycles. The number of benzene rings is 2. The van der Waals surface area contributed by atoms with Crippen LogP contribution in [-0.2, 0) is 0 Å². The average molecular weight is 472 g/mol. The number of methoxy groups -OCH3 is 1. The summed E-state index contributed by atoms with van der Waals surface area (Å²) in [5, 5.41) is 1.25. The first kappa shape index (κ1) is 17.2. The van der Waals surface area contributed by atoms with Gasteiger partial charge in [-0.1, -0.05) is 33.6 Å². The molecular weight excluding hydrogens is 461 g/mol. The van der Waals surface area contributed by atoms with Crippen molar-refractivity contribution < 1.29 is 14.3 Å². The van der Waals surface area contributed by atoms with Gasteiger partial charge in [0.1, 0.15) is 16.8 Å². The maximum atomic E-state index is 12.6. The van der Waals surface area contributed by atoms with Gasteiger partial charge >= 0.3 is 5.97 Å². The van der Waals surface area contributed by atoms with Crippen LogP contribution in [0.1, 0.15) is 10.4 Å². The highest BCUT2D eigenvalue weighted by Gasteiger charge is 2.20. The van der Waals surface area contributed by atoms with Crippen LogP contribution in [0.5, 0.6) is 11.5 Å². The minimum absolute atomic E-state index is 0.240. The number of halogens is 3. The number of esters is 1. The van der Waals surface area contributed by atoms with Gasteiger partial charge < -0.3 is 9.47 Å². The van der Waals surface area contributed by atoms with Crippen molar-refractivity contribution in [2.45, 2.75) is 0 Å². The second-order valence-electron chi connectivity index (χ2n) is 4.80. The van der Waals surface area contributed by atoms with Crippen LogP contribution >= 0.6 is 43.5 Å². The number of fused-ring (bicyclic) bond motifs is 1. The molecule has 0 aliphatic rings. The van der Waals surface area contributed by atoms with E-state index in [1.807, 2.05) is 18.2 Å². The van der Waals surface area contributed by atoms with Crippen LogP contribution < -0.4 is 9.47 Å². The second kappa shape index (κ2) is 7.09. The van der Waals surface area contributed by atoms with Crippen molar-refractivity contribution in [2.24, 2.45) is 0 Å². The molecule has 7 heteroatoms. The molecule has 0 aliphatic carbocycles. The van der Waals surface area contributed by atoms with E-state index in [9.17, 15) is 4.79 Å². The van der Waals surface area contributed by atoms with Crippen molar-refractivity contribution in [3.05, 3.63) is 62.1 Å². The Morgan fingerprint density at radius 2 is 1.96 bits per heavy atom. The number of hydrogen-bond acceptors (Lipinski definition) is 4. The summed E-state index contributed by atoms with van der Waals surface area (Å²) in [5.41, 5.74) is 0.803. The van der Waals surface area contributed by atoms with Crippen LogP contribution in [0.4, 0.5) is 0 Å². The fourth-order valence-electron chi connectivity index (χ4n) is 2.23. The van der Waals surface area contributed by atoms with Crippen molar-refractivity contribution >= 4 is 60.3 Å². The van der Waals surface area contributed by atoms with Crippen LogP contribution in [0.25, 0.3) is 10.9 Å². The van der Waals surface area contributed by atoms with Crippen molar-refractivity contribution in [1.82, 2.24) is 4.98 Å². The first-order valence-corrected chi connectivity index (χ1v) is 8.76. The van der Waals surface area contributed by atoms with Crippen molar-refractivity contribution in [3.63, 3.8) is 0 Å². The molecule has 0 fully saturated rings. The Hall–Kier alpha value is -1.63. The van der Waals surface area contributed by atoms with E-state index in [-0.39, 0.29) is 5.56 Å². The van der Waals surface area contributed by atoms with E-state index >= 15 is 0 Å². The number of ether oxygens (including phenoxy) is 2. The molecule has 0 unspecified atom stereocenters. The SMILES string of the molecule is COc1ccc(Cl)cc1C(=O)Oc1c(Br)cc(Br)c2cccnc12. The average Bonchev–Trinajstić information content (AvgIpc) is 2.58. The van der Waals surface area contributed by atoms with E-state index in [1.165, 1.54) is 13.2 Å². The number of hydrogen-bond donors (Lipinski definition) is 0. The van der Waals surface area contributed by atoms with Crippen LogP contribution in [0.3, 0.4) is 0 Å². The number of aromatic nitrogens is 1. The molecule has 1 aromatic heterocycles. The van der Waals surface area contributed by atoms with E-state index in [1.54, 1.807) is 18.3 Å². The topological polar surface area (TPSA) is 48.4 Å². The molecule has 24 heavy (non-hydrogen) atoms. The first-order valence-electron chi connectivity index (χ1n) is 6.79. The van der Waals surface area contributed by atoms with Crippen LogP contribution in [0, 0.1) is 0 Å². The van der Waals surface area contributed by atoms with E-state index < -0.39 is 5.97 Å². The molecule has 0 atom stereocenters. The largest absolute Gasteiger partial charge is 0.496 e. The molecule has 2 aromatic carbocycles. The fraction of sp³-hybridized carbons (Fsp3) is 0.0588. The molecule has 0 spiro atoms. The third-order valence-corrected chi connectivity index (χ3v) is 4.81. The summed E-state index contributed by atoms with van der Waals surface area (Å²) in [5.74, 6) is 0.139. The predicted molar refractivity (Wildman–Crippen MR) is 100 cm³/mol. The van der Waals surface area contributed by atoms with Gasteiger partial charge in [-0.25, -0.2) is 4.79 Å². The summed E-state index contributed by atoms with van der Waals surface area (Å²) in [6.45, 7) is 0. The molecule has 3 rings (SSSR count). The van der Waals surface area contributed by atoms with Gasteiger partial charge in [0.2, 0.25) is 0 Å². The highest BCUT2D eigenvalue weighted by Crippen LogP contribution is 2.38. The van der Waals surface area contributed by atoms with Gasteiger partial charge in [0.05, 0.1) is 11.6 Å². The van der Waals surface area contributed by atoms with E-state index in [2.05, 4.69) is 36.8 Å². The van der Waals surface area contributed by atoms with Crippen molar-refractivity contribution in [1.29, 1.82) is 0 Å². The van der Waals surface area contributed by atoms with Crippen molar-refractivity contribution in [2.75, 3.05) is 7.11 Å². The van der Waals surface area contributed by atoms with Crippen molar-refractivity contribution in [3.8, 4) is 11.5 Å². The van der Waals surface area contributed by atoms with Gasteiger partial charge in [0.15, 0.2) is 5.75 Å². The third kappa shape index (κ3) is 3.27. The zero-order chi connectivity index (χ0) is 17.3. The molecular formula is C17H10Br2ClNO3. The Bertz CT molecular complexity index is 947. The lowest BCUT2D eigenvalue weighted by molar-refractivity contribution is 0.0732. The van der Waals surface area contributed by atoms with Gasteiger partial charge in [-0.05, 0) is 46.3 Å². The minimum atomic E-state index is -0.579. The quantitative estimate of drug-likeness (QED) is 0.366. The van der Waals surface area contributed by atoms with Crippen LogP contribution in [0.2, 0.25) is 5.02 Å². The summed E-state index contributed by atoms with van der Waals surface area (Å²) in [4.78, 5) is 16.9. The van der Waals surface area contributed by atoms with Gasteiger partial charge in [0.25, 0.3) is 0 Å². The summed E-state index contributed by atoms with van der Waals surface area (Å²) in [6.07, 6.45) is 1.64. The minimum Gasteiger partial charge on any atom is -0.496 e. The zero-order valence-electron chi connectivity index (χ0n) is 12.3. The summed E-state index contributed by atoms with van der Waals surface area (Å²) < 4.78 is 12.2. The highest BCUT2D eigenvalue weighted by atomic mass is 79.9. The lowest BCUT2D eigenvalue weighted by Gasteiger charge is -2.12. The number of rotatable bonds is 3. The first-order chi connectivity index (χ1) is 11.5. The summed E-state index contributed by atoms with van der Waals surface area (Å²) >= 11 is 12.9. The van der Waals surface area contributed by atoms with Gasteiger partial charge in [-0.2, -0.15) is 0 Å². The number of nitrogens with zero attached hydrogens (tertiary/aromatic N) is 1. The lowest BCUT2D eigenvalue weighted by atomic mass is 10.2. The molecule has 0 N–H and O–H groups in total. The van der Waals surface area contributed by atoms with Gasteiger partial charge in [-0.15, -0.1) is 0 Å². The maximum Gasteiger partial charge on any atom is 0.347 e. The van der Waals surface area contributed by atoms with Crippen LogP contribution in [0.15, 0.2) is 51.5 Å². The molecule has 3 aromatic rings. The molecule has 0 saturated carbocycles. The zero-order valence-corrected chi connectivity index (χ0v) is 16.3. The lowest BCUT2D eigenvalue weighted by Crippen LogP contribution is -2.11. The molecule has 122 valence electrons. The molecule has 4 nitrogen and oxygen atoms in total. The summed E-state index contributed by atoms with van der Waals surface area (Å²) in [7, 11) is 1.48. The summed E-state index contributed by atoms with van der Waals surface area (Å²) in [6, 6.07) is 10.3. The normalized spacial score (nSPS) is 10.7.